The molecule has 37 heavy (non-hydrogen) atoms. The second-order valence-corrected chi connectivity index (χ2v) is 10.3. The van der Waals surface area contributed by atoms with Crippen LogP contribution in [0, 0.1) is 0 Å². The summed E-state index contributed by atoms with van der Waals surface area (Å²) in [5.41, 5.74) is 3.60. The third kappa shape index (κ3) is 4.41. The summed E-state index contributed by atoms with van der Waals surface area (Å²) in [4.78, 5) is 2.44. The molecule has 0 amide bonds. The zero-order valence-electron chi connectivity index (χ0n) is 21.4. The molecule has 7 heteroatoms. The minimum Gasteiger partial charge on any atom is -0.461 e. The van der Waals surface area contributed by atoms with Crippen LogP contribution in [0.3, 0.4) is 0 Å². The van der Waals surface area contributed by atoms with Crippen LogP contribution in [-0.4, -0.2) is 70.3 Å². The number of likely N-dealkylation sites (N-methyl/N-ethyl adjacent to an activating group) is 1. The normalized spacial score (nSPS) is 29.1. The molecule has 4 N–H and O–H groups in total. The lowest BCUT2D eigenvalue weighted by Crippen LogP contribution is -2.60. The van der Waals surface area contributed by atoms with E-state index in [9.17, 15) is 20.4 Å². The van der Waals surface area contributed by atoms with Gasteiger partial charge >= 0.3 is 0 Å². The van der Waals surface area contributed by atoms with Crippen molar-refractivity contribution in [2.24, 2.45) is 0 Å². The summed E-state index contributed by atoms with van der Waals surface area (Å²) < 4.78 is 11.5. The van der Waals surface area contributed by atoms with Gasteiger partial charge in [0.05, 0.1) is 12.6 Å². The van der Waals surface area contributed by atoms with Crippen LogP contribution in [0.1, 0.15) is 31.9 Å². The van der Waals surface area contributed by atoms with Crippen LogP contribution in [0.4, 0.5) is 5.69 Å². The summed E-state index contributed by atoms with van der Waals surface area (Å²) in [6.07, 6.45) is -2.25. The Kier molecular flexibility index (Phi) is 7.00. The number of nitrogens with zero attached hydrogens (tertiary/aromatic N) is 1. The van der Waals surface area contributed by atoms with Crippen LogP contribution >= 0.6 is 0 Å². The number of rotatable bonds is 6. The SMILES string of the molecule is CCN1c2ccccc2C(C)(C)C1C=Cc1ccc(O[C@@H]2O[C@H](CO)[C@H](O)[C@H](O)[C@H]2O)c2ccccc12. The van der Waals surface area contributed by atoms with E-state index in [2.05, 4.69) is 62.1 Å². The van der Waals surface area contributed by atoms with E-state index in [0.29, 0.717) is 5.75 Å². The molecule has 0 aliphatic carbocycles. The minimum atomic E-state index is -1.50. The smallest absolute Gasteiger partial charge is 0.229 e. The third-order valence-corrected chi connectivity index (χ3v) is 7.79. The van der Waals surface area contributed by atoms with E-state index < -0.39 is 37.3 Å². The average molecular weight is 506 g/mol. The van der Waals surface area contributed by atoms with Gasteiger partial charge in [-0.1, -0.05) is 74.5 Å². The molecule has 2 aliphatic rings. The van der Waals surface area contributed by atoms with E-state index in [1.54, 1.807) is 0 Å². The van der Waals surface area contributed by atoms with Crippen LogP contribution in [0.5, 0.6) is 5.75 Å². The summed E-state index contributed by atoms with van der Waals surface area (Å²) in [6.45, 7) is 7.14. The second kappa shape index (κ2) is 10.1. The van der Waals surface area contributed by atoms with Gasteiger partial charge in [0.2, 0.25) is 6.29 Å². The lowest BCUT2D eigenvalue weighted by Gasteiger charge is -2.39. The molecule has 0 spiro atoms. The first-order valence-electron chi connectivity index (χ1n) is 12.8. The Balaban J connectivity index is 1.45. The maximum absolute atomic E-state index is 10.4. The van der Waals surface area contributed by atoms with Crippen molar-refractivity contribution in [2.75, 3.05) is 18.1 Å². The van der Waals surface area contributed by atoms with Crippen LogP contribution in [0.15, 0.2) is 66.7 Å². The Labute approximate surface area is 217 Å². The Morgan fingerprint density at radius 2 is 1.62 bits per heavy atom. The highest BCUT2D eigenvalue weighted by Crippen LogP contribution is 2.45. The number of ether oxygens (including phenoxy) is 2. The number of hydrogen-bond acceptors (Lipinski definition) is 7. The number of benzene rings is 3. The zero-order chi connectivity index (χ0) is 26.3. The van der Waals surface area contributed by atoms with Crippen molar-refractivity contribution in [1.29, 1.82) is 0 Å². The fraction of sp³-hybridized carbons (Fsp3) is 0.400. The molecule has 2 heterocycles. The molecule has 2 aliphatic heterocycles. The van der Waals surface area contributed by atoms with Gasteiger partial charge < -0.3 is 34.8 Å². The molecule has 7 nitrogen and oxygen atoms in total. The second-order valence-electron chi connectivity index (χ2n) is 10.3. The summed E-state index contributed by atoms with van der Waals surface area (Å²) >= 11 is 0. The van der Waals surface area contributed by atoms with Crippen molar-refractivity contribution < 1.29 is 29.9 Å². The van der Waals surface area contributed by atoms with Gasteiger partial charge in [-0.25, -0.2) is 0 Å². The molecule has 1 fully saturated rings. The van der Waals surface area contributed by atoms with Crippen LogP contribution < -0.4 is 9.64 Å². The van der Waals surface area contributed by atoms with Crippen molar-refractivity contribution in [1.82, 2.24) is 0 Å². The quantitative estimate of drug-likeness (QED) is 0.408. The molecule has 0 radical (unpaired) electrons. The molecule has 3 aromatic carbocycles. The standard InChI is InChI=1S/C30H35NO6/c1-4-31-22-12-8-7-11-21(22)30(2,3)25(31)16-14-18-13-15-23(20-10-6-5-9-19(18)20)36-29-28(35)27(34)26(33)24(17-32)37-29/h5-16,24-29,32-35H,4,17H2,1-3H3/t24-,25?,26+,27+,28-,29-/m1/s1. The largest absolute Gasteiger partial charge is 0.461 e. The molecular formula is C30H35NO6. The first-order chi connectivity index (χ1) is 17.8. The number of anilines is 1. The predicted octanol–water partition coefficient (Wildman–Crippen LogP) is 3.22. The molecule has 0 aromatic heterocycles. The van der Waals surface area contributed by atoms with Gasteiger partial charge in [-0.05, 0) is 35.6 Å². The van der Waals surface area contributed by atoms with E-state index >= 15 is 0 Å². The van der Waals surface area contributed by atoms with Crippen molar-refractivity contribution >= 4 is 22.5 Å². The third-order valence-electron chi connectivity index (χ3n) is 7.79. The highest BCUT2D eigenvalue weighted by molar-refractivity contribution is 5.95. The van der Waals surface area contributed by atoms with Gasteiger partial charge in [0.1, 0.15) is 30.2 Å². The van der Waals surface area contributed by atoms with Gasteiger partial charge in [0.25, 0.3) is 0 Å². The Hall–Kier alpha value is -2.94. The Morgan fingerprint density at radius 3 is 2.35 bits per heavy atom. The number of aliphatic hydroxyl groups excluding tert-OH is 4. The van der Waals surface area contributed by atoms with Crippen LogP contribution in [-0.2, 0) is 10.2 Å². The van der Waals surface area contributed by atoms with Crippen LogP contribution in [0.2, 0.25) is 0 Å². The molecule has 3 aromatic rings. The van der Waals surface area contributed by atoms with E-state index in [1.165, 1.54) is 11.3 Å². The highest BCUT2D eigenvalue weighted by Gasteiger charge is 2.45. The monoisotopic (exact) mass is 505 g/mol. The van der Waals surface area contributed by atoms with Gasteiger partial charge in [0.15, 0.2) is 0 Å². The molecule has 6 atom stereocenters. The summed E-state index contributed by atoms with van der Waals surface area (Å²) in [6, 6.07) is 20.4. The van der Waals surface area contributed by atoms with Crippen molar-refractivity contribution in [2.45, 2.75) is 62.9 Å². The average Bonchev–Trinajstić information content (AvgIpc) is 3.14. The molecule has 1 unspecified atom stereocenters. The predicted molar refractivity (Wildman–Crippen MR) is 144 cm³/mol. The molecule has 1 saturated heterocycles. The maximum Gasteiger partial charge on any atom is 0.229 e. The lowest BCUT2D eigenvalue weighted by atomic mass is 9.80. The zero-order valence-corrected chi connectivity index (χ0v) is 21.4. The number of aliphatic hydroxyl groups is 4. The van der Waals surface area contributed by atoms with Crippen molar-refractivity contribution in [3.05, 3.63) is 77.9 Å². The van der Waals surface area contributed by atoms with Crippen LogP contribution in [0.25, 0.3) is 16.8 Å². The lowest BCUT2D eigenvalue weighted by molar-refractivity contribution is -0.277. The molecule has 0 saturated carbocycles. The maximum atomic E-state index is 10.4. The first kappa shape index (κ1) is 25.7. The molecule has 0 bridgehead atoms. The number of para-hydroxylation sites is 1. The summed E-state index contributed by atoms with van der Waals surface area (Å²) in [5, 5.41) is 41.9. The van der Waals surface area contributed by atoms with Crippen molar-refractivity contribution in [3.8, 4) is 5.75 Å². The van der Waals surface area contributed by atoms with Gasteiger partial charge in [-0.15, -0.1) is 0 Å². The highest BCUT2D eigenvalue weighted by atomic mass is 16.7. The van der Waals surface area contributed by atoms with Gasteiger partial charge in [0, 0.05) is 23.0 Å². The van der Waals surface area contributed by atoms with E-state index in [4.69, 9.17) is 9.47 Å². The van der Waals surface area contributed by atoms with E-state index in [0.717, 1.165) is 22.9 Å². The summed E-state index contributed by atoms with van der Waals surface area (Å²) in [5.74, 6) is 0.473. The van der Waals surface area contributed by atoms with Gasteiger partial charge in [-0.2, -0.15) is 0 Å². The number of fused-ring (bicyclic) bond motifs is 2. The fourth-order valence-corrected chi connectivity index (χ4v) is 5.71. The van der Waals surface area contributed by atoms with E-state index in [1.807, 2.05) is 36.4 Å². The Morgan fingerprint density at radius 1 is 0.919 bits per heavy atom. The fourth-order valence-electron chi connectivity index (χ4n) is 5.71. The molecule has 196 valence electrons. The van der Waals surface area contributed by atoms with E-state index in [-0.39, 0.29) is 11.5 Å². The molecule has 5 rings (SSSR count). The summed E-state index contributed by atoms with van der Waals surface area (Å²) in [7, 11) is 0. The minimum absolute atomic E-state index is 0.0505. The Bertz CT molecular complexity index is 1290. The van der Waals surface area contributed by atoms with Gasteiger partial charge in [-0.3, -0.25) is 0 Å². The topological polar surface area (TPSA) is 103 Å². The number of hydrogen-bond donors (Lipinski definition) is 4. The first-order valence-corrected chi connectivity index (χ1v) is 12.8. The van der Waals surface area contributed by atoms with Crippen molar-refractivity contribution in [3.63, 3.8) is 0 Å². The molecular weight excluding hydrogens is 470 g/mol.